The van der Waals surface area contributed by atoms with Crippen LogP contribution in [0.5, 0.6) is 0 Å². The summed E-state index contributed by atoms with van der Waals surface area (Å²) < 4.78 is 42.9. The van der Waals surface area contributed by atoms with E-state index < -0.39 is 17.6 Å². The van der Waals surface area contributed by atoms with Crippen LogP contribution in [0.4, 0.5) is 13.2 Å². The highest BCUT2D eigenvalue weighted by Gasteiger charge is 2.34. The zero-order chi connectivity index (χ0) is 13.3. The lowest BCUT2D eigenvalue weighted by Gasteiger charge is -2.09. The first-order valence-electron chi connectivity index (χ1n) is 4.82. The van der Waals surface area contributed by atoms with Crippen LogP contribution in [0.3, 0.4) is 0 Å². The van der Waals surface area contributed by atoms with E-state index in [-0.39, 0.29) is 17.0 Å². The number of rotatable bonds is 2. The van der Waals surface area contributed by atoms with Gasteiger partial charge in [0.1, 0.15) is 0 Å². The molecule has 0 saturated heterocycles. The highest BCUT2D eigenvalue weighted by molar-refractivity contribution is 5.91. The van der Waals surface area contributed by atoms with E-state index >= 15 is 0 Å². The summed E-state index contributed by atoms with van der Waals surface area (Å²) in [6.45, 7) is 0. The van der Waals surface area contributed by atoms with Gasteiger partial charge in [-0.2, -0.15) is 13.2 Å². The van der Waals surface area contributed by atoms with Crippen molar-refractivity contribution >= 4 is 5.91 Å². The van der Waals surface area contributed by atoms with Crippen LogP contribution in [0.25, 0.3) is 11.3 Å². The fourth-order valence-electron chi connectivity index (χ4n) is 1.46. The molecule has 0 saturated carbocycles. The maximum Gasteiger partial charge on any atom is 0.417 e. The molecule has 0 spiro atoms. The van der Waals surface area contributed by atoms with Gasteiger partial charge in [-0.25, -0.2) is 0 Å². The molecule has 2 rings (SSSR count). The Balaban J connectivity index is 2.53. The van der Waals surface area contributed by atoms with Gasteiger partial charge in [-0.1, -0.05) is 23.4 Å². The number of halogens is 3. The Morgan fingerprint density at radius 3 is 2.50 bits per heavy atom. The first-order valence-corrected chi connectivity index (χ1v) is 4.82. The van der Waals surface area contributed by atoms with Crippen LogP contribution >= 0.6 is 0 Å². The number of hydrogen-bond acceptors (Lipinski definition) is 3. The van der Waals surface area contributed by atoms with Crippen molar-refractivity contribution in [1.82, 2.24) is 5.16 Å². The SMILES string of the molecule is NC(=O)c1cc(-c2ccccc2C(F)(F)F)on1. The molecule has 1 aromatic heterocycles. The molecule has 0 aliphatic heterocycles. The average Bonchev–Trinajstić information content (AvgIpc) is 2.77. The van der Waals surface area contributed by atoms with Gasteiger partial charge in [0.2, 0.25) is 0 Å². The van der Waals surface area contributed by atoms with Gasteiger partial charge in [0.05, 0.1) is 5.56 Å². The van der Waals surface area contributed by atoms with Crippen molar-refractivity contribution in [2.24, 2.45) is 5.73 Å². The van der Waals surface area contributed by atoms with Crippen molar-refractivity contribution in [1.29, 1.82) is 0 Å². The van der Waals surface area contributed by atoms with Crippen molar-refractivity contribution < 1.29 is 22.5 Å². The van der Waals surface area contributed by atoms with Crippen molar-refractivity contribution in [2.75, 3.05) is 0 Å². The van der Waals surface area contributed by atoms with Crippen LogP contribution in [-0.2, 0) is 6.18 Å². The smallest absolute Gasteiger partial charge is 0.364 e. The van der Waals surface area contributed by atoms with E-state index in [9.17, 15) is 18.0 Å². The molecule has 0 bridgehead atoms. The molecule has 1 heterocycles. The van der Waals surface area contributed by atoms with E-state index in [2.05, 4.69) is 5.16 Å². The summed E-state index contributed by atoms with van der Waals surface area (Å²) in [7, 11) is 0. The second-order valence-electron chi connectivity index (χ2n) is 3.48. The first-order chi connectivity index (χ1) is 8.39. The van der Waals surface area contributed by atoms with E-state index in [1.54, 1.807) is 0 Å². The summed E-state index contributed by atoms with van der Waals surface area (Å²) in [6.07, 6.45) is -4.52. The molecule has 94 valence electrons. The number of hydrogen-bond donors (Lipinski definition) is 1. The number of carbonyl (C=O) groups excluding carboxylic acids is 1. The number of aromatic nitrogens is 1. The van der Waals surface area contributed by atoms with E-state index in [0.29, 0.717) is 0 Å². The molecule has 0 aliphatic carbocycles. The predicted molar refractivity (Wildman–Crippen MR) is 55.5 cm³/mol. The van der Waals surface area contributed by atoms with Gasteiger partial charge in [0, 0.05) is 11.6 Å². The third-order valence-corrected chi connectivity index (χ3v) is 2.26. The summed E-state index contributed by atoms with van der Waals surface area (Å²) in [5.41, 5.74) is 3.67. The summed E-state index contributed by atoms with van der Waals surface area (Å²) in [5.74, 6) is -1.02. The van der Waals surface area contributed by atoms with Gasteiger partial charge < -0.3 is 10.3 Å². The Labute approximate surface area is 99.2 Å². The van der Waals surface area contributed by atoms with Crippen LogP contribution in [-0.4, -0.2) is 11.1 Å². The first kappa shape index (κ1) is 12.2. The molecule has 1 aromatic carbocycles. The summed E-state index contributed by atoms with van der Waals surface area (Å²) in [6, 6.07) is 5.91. The van der Waals surface area contributed by atoms with Crippen molar-refractivity contribution in [3.05, 3.63) is 41.6 Å². The number of nitrogens with zero attached hydrogens (tertiary/aromatic N) is 1. The van der Waals surface area contributed by atoms with Gasteiger partial charge in [0.15, 0.2) is 11.5 Å². The standard InChI is InChI=1S/C11H7F3N2O2/c12-11(13,14)7-4-2-1-3-6(7)9-5-8(10(15)17)16-18-9/h1-5H,(H2,15,17). The summed E-state index contributed by atoms with van der Waals surface area (Å²) in [5, 5.41) is 3.30. The number of alkyl halides is 3. The Bertz CT molecular complexity index is 590. The summed E-state index contributed by atoms with van der Waals surface area (Å²) in [4.78, 5) is 10.8. The third-order valence-electron chi connectivity index (χ3n) is 2.26. The average molecular weight is 256 g/mol. The molecule has 2 N–H and O–H groups in total. The fourth-order valence-corrected chi connectivity index (χ4v) is 1.46. The minimum absolute atomic E-state index is 0.156. The number of primary amides is 1. The normalized spacial score (nSPS) is 11.5. The molecular formula is C11H7F3N2O2. The molecule has 0 fully saturated rings. The van der Waals surface area contributed by atoms with Crippen molar-refractivity contribution in [3.63, 3.8) is 0 Å². The Hall–Kier alpha value is -2.31. The predicted octanol–water partition coefficient (Wildman–Crippen LogP) is 2.46. The number of amides is 1. The van der Waals surface area contributed by atoms with E-state index in [4.69, 9.17) is 10.3 Å². The Morgan fingerprint density at radius 2 is 1.94 bits per heavy atom. The quantitative estimate of drug-likeness (QED) is 0.897. The topological polar surface area (TPSA) is 69.1 Å². The fraction of sp³-hybridized carbons (Fsp3) is 0.0909. The molecule has 0 unspecified atom stereocenters. The molecule has 0 radical (unpaired) electrons. The molecule has 18 heavy (non-hydrogen) atoms. The van der Waals surface area contributed by atoms with E-state index in [1.165, 1.54) is 18.2 Å². The number of benzene rings is 1. The van der Waals surface area contributed by atoms with Crippen LogP contribution in [0, 0.1) is 0 Å². The lowest BCUT2D eigenvalue weighted by atomic mass is 10.0. The van der Waals surface area contributed by atoms with Crippen LogP contribution in [0.2, 0.25) is 0 Å². The largest absolute Gasteiger partial charge is 0.417 e. The lowest BCUT2D eigenvalue weighted by Crippen LogP contribution is -2.10. The van der Waals surface area contributed by atoms with E-state index in [1.807, 2.05) is 0 Å². The van der Waals surface area contributed by atoms with Gasteiger partial charge in [-0.15, -0.1) is 0 Å². The molecule has 4 nitrogen and oxygen atoms in total. The minimum Gasteiger partial charge on any atom is -0.364 e. The second-order valence-corrected chi connectivity index (χ2v) is 3.48. The monoisotopic (exact) mass is 256 g/mol. The maximum absolute atomic E-state index is 12.7. The van der Waals surface area contributed by atoms with Gasteiger partial charge >= 0.3 is 6.18 Å². The van der Waals surface area contributed by atoms with Crippen LogP contribution < -0.4 is 5.73 Å². The zero-order valence-electron chi connectivity index (χ0n) is 8.86. The number of nitrogens with two attached hydrogens (primary N) is 1. The van der Waals surface area contributed by atoms with E-state index in [0.717, 1.165) is 12.1 Å². The van der Waals surface area contributed by atoms with Gasteiger partial charge in [0.25, 0.3) is 5.91 Å². The van der Waals surface area contributed by atoms with Crippen molar-refractivity contribution in [2.45, 2.75) is 6.18 Å². The zero-order valence-corrected chi connectivity index (χ0v) is 8.86. The molecule has 0 atom stereocenters. The molecule has 7 heteroatoms. The highest BCUT2D eigenvalue weighted by atomic mass is 19.4. The highest BCUT2D eigenvalue weighted by Crippen LogP contribution is 2.36. The Morgan fingerprint density at radius 1 is 1.28 bits per heavy atom. The molecular weight excluding hydrogens is 249 g/mol. The van der Waals surface area contributed by atoms with Crippen LogP contribution in [0.1, 0.15) is 16.1 Å². The van der Waals surface area contributed by atoms with Gasteiger partial charge in [-0.05, 0) is 6.07 Å². The molecule has 0 aliphatic rings. The van der Waals surface area contributed by atoms with Crippen LogP contribution in [0.15, 0.2) is 34.9 Å². The van der Waals surface area contributed by atoms with Crippen molar-refractivity contribution in [3.8, 4) is 11.3 Å². The Kier molecular flexibility index (Phi) is 2.82. The number of carbonyl (C=O) groups is 1. The lowest BCUT2D eigenvalue weighted by molar-refractivity contribution is -0.137. The summed E-state index contributed by atoms with van der Waals surface area (Å²) >= 11 is 0. The minimum atomic E-state index is -4.52. The molecule has 1 amide bonds. The second kappa shape index (κ2) is 4.17. The third kappa shape index (κ3) is 2.20. The molecule has 2 aromatic rings. The maximum atomic E-state index is 12.7. The van der Waals surface area contributed by atoms with Gasteiger partial charge in [-0.3, -0.25) is 4.79 Å².